The molecule has 0 saturated heterocycles. The highest BCUT2D eigenvalue weighted by atomic mass is 16.5. The van der Waals surface area contributed by atoms with Crippen molar-refractivity contribution in [3.8, 4) is 17.2 Å². The van der Waals surface area contributed by atoms with Crippen molar-refractivity contribution in [3.05, 3.63) is 17.7 Å². The highest BCUT2D eigenvalue weighted by Gasteiger charge is 2.19. The lowest BCUT2D eigenvalue weighted by Crippen LogP contribution is -2.24. The van der Waals surface area contributed by atoms with Gasteiger partial charge in [0.25, 0.3) is 5.91 Å². The molecule has 0 spiro atoms. The van der Waals surface area contributed by atoms with Crippen LogP contribution in [0.3, 0.4) is 0 Å². The maximum Gasteiger partial charge on any atom is 0.251 e. The second-order valence-electron chi connectivity index (χ2n) is 22.7. The molecule has 0 bridgehead atoms. The van der Waals surface area contributed by atoms with Crippen molar-refractivity contribution in [2.75, 3.05) is 33.0 Å². The molecule has 0 aliphatic carbocycles. The Morgan fingerprint density at radius 1 is 0.329 bits per heavy atom. The van der Waals surface area contributed by atoms with Crippen LogP contribution < -0.4 is 19.5 Å². The molecule has 1 rings (SSSR count). The number of unbranched alkanes of at least 4 members (excludes halogenated alkanes) is 48. The summed E-state index contributed by atoms with van der Waals surface area (Å²) < 4.78 is 19.8. The predicted molar refractivity (Wildman–Crippen MR) is 319 cm³/mol. The van der Waals surface area contributed by atoms with Gasteiger partial charge in [0.05, 0.1) is 19.8 Å². The minimum absolute atomic E-state index is 0.0916. The summed E-state index contributed by atoms with van der Waals surface area (Å²) in [6, 6.07) is 3.80. The molecule has 0 aliphatic heterocycles. The van der Waals surface area contributed by atoms with E-state index >= 15 is 0 Å². The maximum atomic E-state index is 13.6. The van der Waals surface area contributed by atoms with Gasteiger partial charge in [-0.15, -0.1) is 0 Å². The highest BCUT2D eigenvalue weighted by Crippen LogP contribution is 2.40. The summed E-state index contributed by atoms with van der Waals surface area (Å²) in [7, 11) is 0. The van der Waals surface area contributed by atoms with Crippen LogP contribution in [-0.4, -0.2) is 44.0 Å². The fourth-order valence-corrected chi connectivity index (χ4v) is 10.4. The Balaban J connectivity index is 2.71. The Hall–Kier alpha value is -1.95. The second-order valence-corrected chi connectivity index (χ2v) is 22.7. The van der Waals surface area contributed by atoms with Crippen LogP contribution in [0.25, 0.3) is 0 Å². The number of nitrogens with one attached hydrogen (secondary N) is 1. The van der Waals surface area contributed by atoms with E-state index in [1.54, 1.807) is 0 Å². The fourth-order valence-electron chi connectivity index (χ4n) is 10.4. The third-order valence-electron chi connectivity index (χ3n) is 15.4. The summed E-state index contributed by atoms with van der Waals surface area (Å²) in [6.45, 7) is 9.59. The fraction of sp³-hybridized carbons (Fsp3) is 0.896. The zero-order valence-electron chi connectivity index (χ0n) is 49.5. The number of amides is 1. The van der Waals surface area contributed by atoms with Crippen LogP contribution in [0.5, 0.6) is 17.2 Å². The molecule has 0 radical (unpaired) electrons. The van der Waals surface area contributed by atoms with Gasteiger partial charge < -0.3 is 24.6 Å². The smallest absolute Gasteiger partial charge is 0.251 e. The van der Waals surface area contributed by atoms with Crippen molar-refractivity contribution in [2.24, 2.45) is 0 Å². The summed E-state index contributed by atoms with van der Waals surface area (Å²) in [4.78, 5) is 13.6. The van der Waals surface area contributed by atoms with Gasteiger partial charge in [-0.2, -0.15) is 0 Å². The van der Waals surface area contributed by atoms with Crippen molar-refractivity contribution in [2.45, 2.75) is 355 Å². The molecule has 1 aromatic carbocycles. The largest absolute Gasteiger partial charge is 0.490 e. The molecule has 6 heteroatoms. The van der Waals surface area contributed by atoms with Gasteiger partial charge in [0, 0.05) is 18.7 Å². The van der Waals surface area contributed by atoms with E-state index < -0.39 is 0 Å². The van der Waals surface area contributed by atoms with Crippen LogP contribution >= 0.6 is 0 Å². The Kier molecular flexibility index (Phi) is 54.6. The first-order valence-electron chi connectivity index (χ1n) is 33.1. The molecule has 2 N–H and O–H groups in total. The molecule has 0 fully saturated rings. The first-order valence-corrected chi connectivity index (χ1v) is 33.1. The van der Waals surface area contributed by atoms with Gasteiger partial charge in [-0.05, 0) is 44.2 Å². The highest BCUT2D eigenvalue weighted by molar-refractivity contribution is 5.95. The van der Waals surface area contributed by atoms with Gasteiger partial charge >= 0.3 is 0 Å². The Morgan fingerprint density at radius 3 is 0.836 bits per heavy atom. The Morgan fingerprint density at radius 2 is 0.562 bits per heavy atom. The summed E-state index contributed by atoms with van der Waals surface area (Å²) in [6.07, 6.45) is 68.2. The van der Waals surface area contributed by atoms with Crippen LogP contribution in [0.1, 0.15) is 365 Å². The van der Waals surface area contributed by atoms with Crippen LogP contribution in [0.15, 0.2) is 12.1 Å². The van der Waals surface area contributed by atoms with Gasteiger partial charge in [0.15, 0.2) is 11.5 Å². The van der Waals surface area contributed by atoms with Crippen LogP contribution in [0.2, 0.25) is 0 Å². The van der Waals surface area contributed by atoms with E-state index in [-0.39, 0.29) is 12.5 Å². The summed E-state index contributed by atoms with van der Waals surface area (Å²) in [5.41, 5.74) is 0.578. The van der Waals surface area contributed by atoms with Crippen LogP contribution in [0, 0.1) is 0 Å². The van der Waals surface area contributed by atoms with Crippen molar-refractivity contribution in [1.29, 1.82) is 0 Å². The average molecular weight is 1030 g/mol. The molecule has 0 aliphatic rings. The number of carbonyl (C=O) groups excluding carboxylic acids is 1. The van der Waals surface area contributed by atoms with E-state index in [0.29, 0.717) is 49.2 Å². The normalized spacial score (nSPS) is 11.5. The number of ether oxygens (including phenoxy) is 3. The SMILES string of the molecule is CCCCCCCCCCCCCCCCCCOc1cc(C(=O)NCCCCCCO)cc(OCCCCCCCCCCCCCCCCCC)c1OCCCCCCCCCCCCCCCCCC. The lowest BCUT2D eigenvalue weighted by molar-refractivity contribution is 0.0951. The number of carbonyl (C=O) groups is 1. The van der Waals surface area contributed by atoms with Gasteiger partial charge in [-0.25, -0.2) is 0 Å². The van der Waals surface area contributed by atoms with Gasteiger partial charge in [-0.1, -0.05) is 323 Å². The Bertz CT molecular complexity index is 1200. The van der Waals surface area contributed by atoms with Crippen molar-refractivity contribution >= 4 is 5.91 Å². The zero-order valence-corrected chi connectivity index (χ0v) is 49.5. The monoisotopic (exact) mass is 1030 g/mol. The number of hydrogen-bond donors (Lipinski definition) is 2. The lowest BCUT2D eigenvalue weighted by Gasteiger charge is -2.19. The zero-order chi connectivity index (χ0) is 52.4. The molecule has 73 heavy (non-hydrogen) atoms. The number of rotatable bonds is 61. The maximum absolute atomic E-state index is 13.6. The van der Waals surface area contributed by atoms with Crippen molar-refractivity contribution < 1.29 is 24.1 Å². The molecule has 0 atom stereocenters. The average Bonchev–Trinajstić information content (AvgIpc) is 3.40. The first-order chi connectivity index (χ1) is 36.2. The molecule has 0 saturated carbocycles. The molecule has 0 aromatic heterocycles. The number of benzene rings is 1. The summed E-state index contributed by atoms with van der Waals surface area (Å²) >= 11 is 0. The van der Waals surface area contributed by atoms with E-state index in [1.165, 1.54) is 276 Å². The minimum atomic E-state index is -0.0916. The predicted octanol–water partition coefficient (Wildman–Crippen LogP) is 21.9. The van der Waals surface area contributed by atoms with E-state index in [2.05, 4.69) is 26.1 Å². The van der Waals surface area contributed by atoms with E-state index in [1.807, 2.05) is 12.1 Å². The van der Waals surface area contributed by atoms with Crippen molar-refractivity contribution in [1.82, 2.24) is 5.32 Å². The Labute approximate surface area is 456 Å². The molecule has 1 amide bonds. The van der Waals surface area contributed by atoms with E-state index in [9.17, 15) is 9.90 Å². The molecule has 0 heterocycles. The van der Waals surface area contributed by atoms with Crippen molar-refractivity contribution in [3.63, 3.8) is 0 Å². The molecule has 430 valence electrons. The van der Waals surface area contributed by atoms with Crippen LogP contribution in [0.4, 0.5) is 0 Å². The van der Waals surface area contributed by atoms with Gasteiger partial charge in [0.1, 0.15) is 0 Å². The molecular formula is C67H127NO5. The van der Waals surface area contributed by atoms with Gasteiger partial charge in [0.2, 0.25) is 5.75 Å². The molecule has 0 unspecified atom stereocenters. The summed E-state index contributed by atoms with van der Waals surface area (Å²) in [5.74, 6) is 1.88. The third kappa shape index (κ3) is 47.0. The van der Waals surface area contributed by atoms with Crippen LogP contribution in [-0.2, 0) is 0 Å². The standard InChI is InChI=1S/C67H127NO5/c1-4-7-10-13-16-19-22-25-28-31-34-37-40-43-48-53-58-71-64-61-63(67(70)68-56-51-46-47-52-57-69)62-65(72-59-54-49-44-41-38-35-32-29-26-23-20-17-14-11-8-5-2)66(64)73-60-55-50-45-42-39-36-33-30-27-24-21-18-15-12-9-6-3/h61-62,69H,4-60H2,1-3H3,(H,68,70). The molecular weight excluding hydrogens is 899 g/mol. The topological polar surface area (TPSA) is 77.0 Å². The third-order valence-corrected chi connectivity index (χ3v) is 15.4. The minimum Gasteiger partial charge on any atom is -0.490 e. The first kappa shape index (κ1) is 69.1. The second kappa shape index (κ2) is 57.7. The van der Waals surface area contributed by atoms with E-state index in [0.717, 1.165) is 57.8 Å². The number of aliphatic hydroxyl groups is 1. The quantitative estimate of drug-likeness (QED) is 0.0636. The summed E-state index contributed by atoms with van der Waals surface area (Å²) in [5, 5.41) is 12.3. The molecule has 6 nitrogen and oxygen atoms in total. The lowest BCUT2D eigenvalue weighted by atomic mass is 10.0. The van der Waals surface area contributed by atoms with E-state index in [4.69, 9.17) is 14.2 Å². The number of aliphatic hydroxyl groups excluding tert-OH is 1. The molecule has 1 aromatic rings. The number of hydrogen-bond acceptors (Lipinski definition) is 5. The van der Waals surface area contributed by atoms with Gasteiger partial charge in [-0.3, -0.25) is 4.79 Å².